The maximum absolute atomic E-state index is 6.03. The van der Waals surface area contributed by atoms with E-state index in [0.29, 0.717) is 5.92 Å². The molecule has 1 aromatic carbocycles. The highest BCUT2D eigenvalue weighted by Gasteiger charge is 2.12. The first kappa shape index (κ1) is 10.8. The van der Waals surface area contributed by atoms with Gasteiger partial charge in [-0.25, -0.2) is 0 Å². The zero-order valence-corrected chi connectivity index (χ0v) is 8.83. The molecule has 0 spiro atoms. The van der Waals surface area contributed by atoms with Crippen LogP contribution < -0.4 is 5.73 Å². The van der Waals surface area contributed by atoms with Crippen molar-refractivity contribution in [3.8, 4) is 11.8 Å². The van der Waals surface area contributed by atoms with E-state index in [4.69, 9.17) is 5.73 Å². The Bertz CT molecular complexity index is 318. The summed E-state index contributed by atoms with van der Waals surface area (Å²) in [5, 5.41) is 0. The van der Waals surface area contributed by atoms with Gasteiger partial charge in [-0.2, -0.15) is 0 Å². The molecule has 0 saturated heterocycles. The fourth-order valence-corrected chi connectivity index (χ4v) is 1.40. The van der Waals surface area contributed by atoms with Crippen molar-refractivity contribution in [2.24, 2.45) is 5.73 Å². The van der Waals surface area contributed by atoms with Gasteiger partial charge in [-0.1, -0.05) is 37.3 Å². The van der Waals surface area contributed by atoms with Crippen LogP contribution in [0.15, 0.2) is 30.3 Å². The summed E-state index contributed by atoms with van der Waals surface area (Å²) < 4.78 is 0. The smallest absolute Gasteiger partial charge is 0.0246 e. The summed E-state index contributed by atoms with van der Waals surface area (Å²) in [5.41, 5.74) is 7.32. The van der Waals surface area contributed by atoms with Crippen molar-refractivity contribution < 1.29 is 0 Å². The van der Waals surface area contributed by atoms with Gasteiger partial charge in [0.15, 0.2) is 0 Å². The zero-order chi connectivity index (χ0) is 10.4. The molecule has 1 aromatic rings. The van der Waals surface area contributed by atoms with Gasteiger partial charge in [-0.3, -0.25) is 0 Å². The van der Waals surface area contributed by atoms with Crippen LogP contribution in [0.2, 0.25) is 0 Å². The molecule has 74 valence electrons. The summed E-state index contributed by atoms with van der Waals surface area (Å²) in [6.07, 6.45) is 0.770. The van der Waals surface area contributed by atoms with Gasteiger partial charge in [0.05, 0.1) is 0 Å². The summed E-state index contributed by atoms with van der Waals surface area (Å²) in [6.45, 7) is 4.00. The van der Waals surface area contributed by atoms with E-state index in [-0.39, 0.29) is 6.04 Å². The predicted molar refractivity (Wildman–Crippen MR) is 60.9 cm³/mol. The molecule has 2 unspecified atom stereocenters. The monoisotopic (exact) mass is 187 g/mol. The molecule has 0 amide bonds. The highest BCUT2D eigenvalue weighted by atomic mass is 14.6. The Morgan fingerprint density at radius 1 is 1.29 bits per heavy atom. The predicted octanol–water partition coefficient (Wildman–Crippen LogP) is 2.53. The number of hydrogen-bond donors (Lipinski definition) is 1. The topological polar surface area (TPSA) is 26.0 Å². The lowest BCUT2D eigenvalue weighted by atomic mass is 9.92. The lowest BCUT2D eigenvalue weighted by Gasteiger charge is -2.17. The van der Waals surface area contributed by atoms with Gasteiger partial charge in [-0.05, 0) is 18.4 Å². The van der Waals surface area contributed by atoms with Gasteiger partial charge in [-0.15, -0.1) is 11.8 Å². The van der Waals surface area contributed by atoms with Crippen LogP contribution >= 0.6 is 0 Å². The molecule has 0 aliphatic carbocycles. The third kappa shape index (κ3) is 2.90. The van der Waals surface area contributed by atoms with Crippen LogP contribution in [0.3, 0.4) is 0 Å². The highest BCUT2D eigenvalue weighted by molar-refractivity contribution is 5.21. The summed E-state index contributed by atoms with van der Waals surface area (Å²) in [4.78, 5) is 0. The van der Waals surface area contributed by atoms with Crippen LogP contribution in [-0.2, 0) is 0 Å². The van der Waals surface area contributed by atoms with Crippen molar-refractivity contribution in [3.63, 3.8) is 0 Å². The van der Waals surface area contributed by atoms with Crippen molar-refractivity contribution in [1.29, 1.82) is 0 Å². The lowest BCUT2D eigenvalue weighted by molar-refractivity contribution is 0.580. The number of hydrogen-bond acceptors (Lipinski definition) is 1. The van der Waals surface area contributed by atoms with Crippen LogP contribution in [0.25, 0.3) is 0 Å². The molecule has 0 aliphatic rings. The summed E-state index contributed by atoms with van der Waals surface area (Å²) in [5.74, 6) is 6.27. The molecule has 1 heteroatoms. The number of nitrogens with two attached hydrogens (primary N) is 1. The van der Waals surface area contributed by atoms with Crippen molar-refractivity contribution in [3.05, 3.63) is 35.9 Å². The zero-order valence-electron chi connectivity index (χ0n) is 8.83. The van der Waals surface area contributed by atoms with Crippen molar-refractivity contribution in [2.45, 2.75) is 32.2 Å². The molecule has 14 heavy (non-hydrogen) atoms. The van der Waals surface area contributed by atoms with E-state index in [1.807, 2.05) is 25.1 Å². The first-order valence-electron chi connectivity index (χ1n) is 4.96. The third-order valence-corrected chi connectivity index (χ3v) is 2.48. The molecule has 0 radical (unpaired) electrons. The Labute approximate surface area is 86.3 Å². The summed E-state index contributed by atoms with van der Waals surface area (Å²) in [7, 11) is 0. The van der Waals surface area contributed by atoms with Crippen LogP contribution in [0.4, 0.5) is 0 Å². The van der Waals surface area contributed by atoms with Crippen LogP contribution in [0, 0.1) is 11.8 Å². The molecule has 0 fully saturated rings. The Kier molecular flexibility index (Phi) is 4.22. The van der Waals surface area contributed by atoms with Gasteiger partial charge in [0, 0.05) is 12.5 Å². The number of rotatable bonds is 3. The van der Waals surface area contributed by atoms with Crippen molar-refractivity contribution >= 4 is 0 Å². The molecule has 1 rings (SSSR count). The van der Waals surface area contributed by atoms with E-state index < -0.39 is 0 Å². The molecule has 0 aromatic heterocycles. The second-order valence-corrected chi connectivity index (χ2v) is 3.49. The average molecular weight is 187 g/mol. The van der Waals surface area contributed by atoms with E-state index >= 15 is 0 Å². The molecule has 0 aliphatic heterocycles. The highest BCUT2D eigenvalue weighted by Crippen LogP contribution is 2.18. The first-order chi connectivity index (χ1) is 6.75. The second-order valence-electron chi connectivity index (χ2n) is 3.49. The van der Waals surface area contributed by atoms with E-state index in [0.717, 1.165) is 6.42 Å². The first-order valence-corrected chi connectivity index (χ1v) is 4.96. The fourth-order valence-electron chi connectivity index (χ4n) is 1.40. The van der Waals surface area contributed by atoms with E-state index in [9.17, 15) is 0 Å². The molecule has 0 saturated carbocycles. The Morgan fingerprint density at radius 2 is 1.93 bits per heavy atom. The second kappa shape index (κ2) is 5.47. The molecule has 0 heterocycles. The number of benzene rings is 1. The molecule has 2 atom stereocenters. The molecule has 2 N–H and O–H groups in total. The van der Waals surface area contributed by atoms with Gasteiger partial charge >= 0.3 is 0 Å². The maximum Gasteiger partial charge on any atom is 0.0246 e. The summed E-state index contributed by atoms with van der Waals surface area (Å²) >= 11 is 0. The van der Waals surface area contributed by atoms with Gasteiger partial charge < -0.3 is 5.73 Å². The van der Waals surface area contributed by atoms with E-state index in [1.165, 1.54) is 5.56 Å². The van der Waals surface area contributed by atoms with E-state index in [2.05, 4.69) is 30.9 Å². The minimum Gasteiger partial charge on any atom is -0.326 e. The average Bonchev–Trinajstić information content (AvgIpc) is 2.26. The quantitative estimate of drug-likeness (QED) is 0.723. The minimum absolute atomic E-state index is 0.129. The SMILES string of the molecule is CC#CCC(N)C(C)c1ccccc1. The van der Waals surface area contributed by atoms with Crippen LogP contribution in [-0.4, -0.2) is 6.04 Å². The van der Waals surface area contributed by atoms with Crippen molar-refractivity contribution in [1.82, 2.24) is 0 Å². The van der Waals surface area contributed by atoms with Crippen LogP contribution in [0.1, 0.15) is 31.7 Å². The third-order valence-electron chi connectivity index (χ3n) is 2.48. The van der Waals surface area contributed by atoms with Gasteiger partial charge in [0.25, 0.3) is 0 Å². The minimum atomic E-state index is 0.129. The molecular weight excluding hydrogens is 170 g/mol. The Morgan fingerprint density at radius 3 is 2.50 bits per heavy atom. The summed E-state index contributed by atoms with van der Waals surface area (Å²) in [6, 6.07) is 10.5. The van der Waals surface area contributed by atoms with Crippen molar-refractivity contribution in [2.75, 3.05) is 0 Å². The van der Waals surface area contributed by atoms with Crippen LogP contribution in [0.5, 0.6) is 0 Å². The molecule has 1 nitrogen and oxygen atoms in total. The molecule has 0 bridgehead atoms. The normalized spacial score (nSPS) is 13.9. The van der Waals surface area contributed by atoms with E-state index in [1.54, 1.807) is 0 Å². The largest absolute Gasteiger partial charge is 0.326 e. The molecular formula is C13H17N. The van der Waals surface area contributed by atoms with Gasteiger partial charge in [0.2, 0.25) is 0 Å². The Hall–Kier alpha value is -1.26. The lowest BCUT2D eigenvalue weighted by Crippen LogP contribution is -2.26. The standard InChI is InChI=1S/C13H17N/c1-3-4-10-13(14)11(2)12-8-6-5-7-9-12/h5-9,11,13H,10,14H2,1-2H3. The van der Waals surface area contributed by atoms with Gasteiger partial charge in [0.1, 0.15) is 0 Å². The Balaban J connectivity index is 2.64. The fraction of sp³-hybridized carbons (Fsp3) is 0.385. The maximum atomic E-state index is 6.03.